The van der Waals surface area contributed by atoms with Crippen molar-refractivity contribution in [3.8, 4) is 11.5 Å². The summed E-state index contributed by atoms with van der Waals surface area (Å²) in [6.45, 7) is 6.16. The highest BCUT2D eigenvalue weighted by molar-refractivity contribution is 5.90. The summed E-state index contributed by atoms with van der Waals surface area (Å²) in [7, 11) is 0. The summed E-state index contributed by atoms with van der Waals surface area (Å²) in [5.74, 6) is 0.537. The Hall–Kier alpha value is -2.34. The number of carbonyl (C=O) groups excluding carboxylic acids is 1. The van der Waals surface area contributed by atoms with Crippen LogP contribution in [0.3, 0.4) is 0 Å². The van der Waals surface area contributed by atoms with Gasteiger partial charge in [0.05, 0.1) is 11.8 Å². The Bertz CT molecular complexity index is 667. The van der Waals surface area contributed by atoms with E-state index in [0.717, 1.165) is 16.8 Å². The van der Waals surface area contributed by atoms with Crippen LogP contribution in [0.25, 0.3) is 11.5 Å². The second-order valence-electron chi connectivity index (χ2n) is 5.56. The molecule has 23 heavy (non-hydrogen) atoms. The van der Waals surface area contributed by atoms with Crippen molar-refractivity contribution in [3.63, 3.8) is 0 Å². The van der Waals surface area contributed by atoms with E-state index in [1.54, 1.807) is 6.26 Å². The van der Waals surface area contributed by atoms with Crippen LogP contribution >= 0.6 is 0 Å². The number of aliphatic hydroxyl groups is 1. The minimum Gasteiger partial charge on any atom is -0.444 e. The van der Waals surface area contributed by atoms with Gasteiger partial charge in [-0.05, 0) is 44.4 Å². The largest absolute Gasteiger partial charge is 0.444 e. The van der Waals surface area contributed by atoms with E-state index in [9.17, 15) is 9.90 Å². The number of aryl methyl sites for hydroxylation is 2. The SMILES string of the molecule is CCC(O)CCNC(=O)Nc1ccc(C)c(-c2nc(C)co2)c1. The lowest BCUT2D eigenvalue weighted by molar-refractivity contribution is 0.160. The van der Waals surface area contributed by atoms with E-state index in [2.05, 4.69) is 15.6 Å². The molecule has 6 heteroatoms. The highest BCUT2D eigenvalue weighted by Crippen LogP contribution is 2.26. The third-order valence-corrected chi connectivity index (χ3v) is 3.58. The Morgan fingerprint density at radius 3 is 2.83 bits per heavy atom. The van der Waals surface area contributed by atoms with Gasteiger partial charge < -0.3 is 20.2 Å². The van der Waals surface area contributed by atoms with Gasteiger partial charge >= 0.3 is 6.03 Å². The maximum absolute atomic E-state index is 11.9. The first-order chi connectivity index (χ1) is 11.0. The summed E-state index contributed by atoms with van der Waals surface area (Å²) in [6.07, 6.45) is 2.44. The molecule has 0 saturated carbocycles. The quantitative estimate of drug-likeness (QED) is 0.763. The number of amides is 2. The summed E-state index contributed by atoms with van der Waals surface area (Å²) in [5.41, 5.74) is 3.33. The van der Waals surface area contributed by atoms with Crippen LogP contribution in [0, 0.1) is 13.8 Å². The molecule has 2 aromatic rings. The van der Waals surface area contributed by atoms with Gasteiger partial charge in [0.2, 0.25) is 5.89 Å². The van der Waals surface area contributed by atoms with Crippen LogP contribution in [0.4, 0.5) is 10.5 Å². The molecule has 0 radical (unpaired) electrons. The molecule has 2 amide bonds. The Balaban J connectivity index is 1.99. The van der Waals surface area contributed by atoms with Crippen molar-refractivity contribution < 1.29 is 14.3 Å². The lowest BCUT2D eigenvalue weighted by Crippen LogP contribution is -2.31. The number of rotatable bonds is 6. The molecule has 1 aromatic carbocycles. The summed E-state index contributed by atoms with van der Waals surface area (Å²) in [6, 6.07) is 5.27. The van der Waals surface area contributed by atoms with Gasteiger partial charge in [0.1, 0.15) is 6.26 Å². The smallest absolute Gasteiger partial charge is 0.319 e. The van der Waals surface area contributed by atoms with E-state index in [1.165, 1.54) is 0 Å². The van der Waals surface area contributed by atoms with E-state index in [1.807, 2.05) is 39.0 Å². The number of aliphatic hydroxyl groups excluding tert-OH is 1. The average molecular weight is 317 g/mol. The minimum atomic E-state index is -0.380. The Kier molecular flexibility index (Phi) is 5.76. The molecule has 0 spiro atoms. The van der Waals surface area contributed by atoms with E-state index >= 15 is 0 Å². The molecule has 0 aliphatic carbocycles. The van der Waals surface area contributed by atoms with Crippen molar-refractivity contribution in [2.45, 2.75) is 39.7 Å². The van der Waals surface area contributed by atoms with Crippen LogP contribution in [-0.2, 0) is 0 Å². The maximum atomic E-state index is 11.9. The number of aromatic nitrogens is 1. The molecule has 124 valence electrons. The fourth-order valence-corrected chi connectivity index (χ4v) is 2.14. The van der Waals surface area contributed by atoms with Crippen molar-refractivity contribution in [2.24, 2.45) is 0 Å². The number of benzene rings is 1. The first kappa shape index (κ1) is 17.0. The Labute approximate surface area is 135 Å². The standard InChI is InChI=1S/C17H23N3O3/c1-4-14(21)7-8-18-17(22)20-13-6-5-11(2)15(9-13)16-19-12(3)10-23-16/h5-6,9-10,14,21H,4,7-8H2,1-3H3,(H2,18,20,22). The molecule has 6 nitrogen and oxygen atoms in total. The summed E-state index contributed by atoms with van der Waals surface area (Å²) >= 11 is 0. The number of carbonyl (C=O) groups is 1. The molecular formula is C17H23N3O3. The van der Waals surface area contributed by atoms with Crippen LogP contribution < -0.4 is 10.6 Å². The highest BCUT2D eigenvalue weighted by atomic mass is 16.3. The molecule has 0 aliphatic heterocycles. The molecule has 1 aromatic heterocycles. The van der Waals surface area contributed by atoms with E-state index in [0.29, 0.717) is 31.0 Å². The average Bonchev–Trinajstić information content (AvgIpc) is 2.95. The van der Waals surface area contributed by atoms with Crippen LogP contribution in [0.15, 0.2) is 28.9 Å². The van der Waals surface area contributed by atoms with Crippen LogP contribution in [0.1, 0.15) is 31.0 Å². The predicted molar refractivity (Wildman–Crippen MR) is 89.3 cm³/mol. The first-order valence-corrected chi connectivity index (χ1v) is 7.75. The Morgan fingerprint density at radius 1 is 1.39 bits per heavy atom. The van der Waals surface area contributed by atoms with Crippen molar-refractivity contribution >= 4 is 11.7 Å². The predicted octanol–water partition coefficient (Wildman–Crippen LogP) is 3.24. The summed E-state index contributed by atoms with van der Waals surface area (Å²) in [4.78, 5) is 16.2. The van der Waals surface area contributed by atoms with Crippen molar-refractivity contribution in [1.29, 1.82) is 0 Å². The van der Waals surface area contributed by atoms with Crippen molar-refractivity contribution in [1.82, 2.24) is 10.3 Å². The number of urea groups is 1. The molecule has 0 bridgehead atoms. The van der Waals surface area contributed by atoms with Gasteiger partial charge in [-0.15, -0.1) is 0 Å². The zero-order chi connectivity index (χ0) is 16.8. The highest BCUT2D eigenvalue weighted by Gasteiger charge is 2.10. The van der Waals surface area contributed by atoms with Gasteiger partial charge in [0.15, 0.2) is 0 Å². The zero-order valence-electron chi connectivity index (χ0n) is 13.7. The monoisotopic (exact) mass is 317 g/mol. The molecule has 1 unspecified atom stereocenters. The topological polar surface area (TPSA) is 87.4 Å². The van der Waals surface area contributed by atoms with Gasteiger partial charge in [0.25, 0.3) is 0 Å². The van der Waals surface area contributed by atoms with E-state index in [4.69, 9.17) is 4.42 Å². The molecule has 0 fully saturated rings. The summed E-state index contributed by atoms with van der Waals surface area (Å²) in [5, 5.41) is 15.0. The second kappa shape index (κ2) is 7.78. The fraction of sp³-hybridized carbons (Fsp3) is 0.412. The number of oxazole rings is 1. The number of nitrogens with zero attached hydrogens (tertiary/aromatic N) is 1. The third kappa shape index (κ3) is 4.82. The number of hydrogen-bond donors (Lipinski definition) is 3. The normalized spacial score (nSPS) is 12.0. The van der Waals surface area contributed by atoms with Crippen molar-refractivity contribution in [3.05, 3.63) is 35.7 Å². The van der Waals surface area contributed by atoms with Gasteiger partial charge in [-0.2, -0.15) is 0 Å². The van der Waals surface area contributed by atoms with Gasteiger partial charge in [-0.3, -0.25) is 0 Å². The number of nitrogens with one attached hydrogen (secondary N) is 2. The summed E-state index contributed by atoms with van der Waals surface area (Å²) < 4.78 is 5.43. The molecule has 1 atom stereocenters. The fourth-order valence-electron chi connectivity index (χ4n) is 2.14. The zero-order valence-corrected chi connectivity index (χ0v) is 13.7. The van der Waals surface area contributed by atoms with Crippen LogP contribution in [0.2, 0.25) is 0 Å². The van der Waals surface area contributed by atoms with Gasteiger partial charge in [-0.1, -0.05) is 13.0 Å². The molecule has 1 heterocycles. The number of anilines is 1. The van der Waals surface area contributed by atoms with Crippen LogP contribution in [0.5, 0.6) is 0 Å². The molecule has 0 aliphatic rings. The van der Waals surface area contributed by atoms with Gasteiger partial charge in [0, 0.05) is 17.8 Å². The first-order valence-electron chi connectivity index (χ1n) is 7.75. The van der Waals surface area contributed by atoms with Gasteiger partial charge in [-0.25, -0.2) is 9.78 Å². The minimum absolute atomic E-state index is 0.299. The Morgan fingerprint density at radius 2 is 2.17 bits per heavy atom. The molecule has 2 rings (SSSR count). The number of hydrogen-bond acceptors (Lipinski definition) is 4. The van der Waals surface area contributed by atoms with E-state index < -0.39 is 0 Å². The van der Waals surface area contributed by atoms with E-state index in [-0.39, 0.29) is 12.1 Å². The molecule has 3 N–H and O–H groups in total. The molecule has 0 saturated heterocycles. The second-order valence-corrected chi connectivity index (χ2v) is 5.56. The molecular weight excluding hydrogens is 294 g/mol. The van der Waals surface area contributed by atoms with Crippen LogP contribution in [-0.4, -0.2) is 28.8 Å². The lowest BCUT2D eigenvalue weighted by atomic mass is 10.1. The van der Waals surface area contributed by atoms with Crippen molar-refractivity contribution in [2.75, 3.05) is 11.9 Å². The third-order valence-electron chi connectivity index (χ3n) is 3.58. The lowest BCUT2D eigenvalue weighted by Gasteiger charge is -2.11. The maximum Gasteiger partial charge on any atom is 0.319 e.